The van der Waals surface area contributed by atoms with Crippen LogP contribution in [0.15, 0.2) is 36.7 Å². The number of hydrogen-bond donors (Lipinski definition) is 2. The predicted molar refractivity (Wildman–Crippen MR) is 94.4 cm³/mol. The Bertz CT molecular complexity index is 654. The number of Topliss-reactive ketones (excluding diaryl/α,β-unsaturated/α-hetero) is 1. The number of rotatable bonds is 4. The van der Waals surface area contributed by atoms with E-state index in [9.17, 15) is 9.59 Å². The van der Waals surface area contributed by atoms with Crippen molar-refractivity contribution in [1.29, 1.82) is 0 Å². The van der Waals surface area contributed by atoms with Gasteiger partial charge in [0.1, 0.15) is 0 Å². The lowest BCUT2D eigenvalue weighted by atomic mass is 10.1. The highest BCUT2D eigenvalue weighted by Crippen LogP contribution is 2.10. The normalized spacial score (nSPS) is 8.78. The summed E-state index contributed by atoms with van der Waals surface area (Å²) in [7, 11) is 0. The summed E-state index contributed by atoms with van der Waals surface area (Å²) in [6.45, 7) is 7.74. The summed E-state index contributed by atoms with van der Waals surface area (Å²) in [4.78, 5) is 26.3. The van der Waals surface area contributed by atoms with Gasteiger partial charge < -0.3 is 10.3 Å². The molecule has 1 heterocycles. The lowest BCUT2D eigenvalue weighted by Crippen LogP contribution is -2.24. The molecular weight excluding hydrogens is 288 g/mol. The van der Waals surface area contributed by atoms with Crippen LogP contribution in [0.1, 0.15) is 52.6 Å². The van der Waals surface area contributed by atoms with Crippen LogP contribution in [0.2, 0.25) is 0 Å². The van der Waals surface area contributed by atoms with Gasteiger partial charge in [0.15, 0.2) is 5.78 Å². The largest absolute Gasteiger partial charge is 0.367 e. The Kier molecular flexibility index (Phi) is 9.54. The highest BCUT2D eigenvalue weighted by atomic mass is 16.1. The van der Waals surface area contributed by atoms with Gasteiger partial charge in [0.2, 0.25) is 0 Å². The molecule has 0 saturated heterocycles. The molecule has 4 nitrogen and oxygen atoms in total. The predicted octanol–water partition coefficient (Wildman–Crippen LogP) is 3.73. The van der Waals surface area contributed by atoms with Crippen molar-refractivity contribution in [3.8, 4) is 12.8 Å². The summed E-state index contributed by atoms with van der Waals surface area (Å²) in [5, 5.41) is 2.83. The second-order valence-corrected chi connectivity index (χ2v) is 4.45. The molecule has 2 aromatic rings. The van der Waals surface area contributed by atoms with E-state index in [-0.39, 0.29) is 11.7 Å². The third-order valence-corrected chi connectivity index (χ3v) is 3.04. The van der Waals surface area contributed by atoms with Crippen molar-refractivity contribution in [3.05, 3.63) is 58.9 Å². The number of carbonyl (C=O) groups is 2. The third kappa shape index (κ3) is 5.84. The fraction of sp³-hybridized carbons (Fsp3) is 0.263. The highest BCUT2D eigenvalue weighted by molar-refractivity contribution is 5.97. The van der Waals surface area contributed by atoms with E-state index in [1.165, 1.54) is 6.92 Å². The van der Waals surface area contributed by atoms with Crippen LogP contribution in [0.5, 0.6) is 0 Å². The molecule has 122 valence electrons. The molecule has 4 heteroatoms. The molecule has 1 aromatic heterocycles. The Morgan fingerprint density at radius 3 is 2.26 bits per heavy atom. The van der Waals surface area contributed by atoms with Crippen LogP contribution in [0.25, 0.3) is 0 Å². The minimum absolute atomic E-state index is 0.0126. The Morgan fingerprint density at radius 2 is 1.70 bits per heavy atom. The summed E-state index contributed by atoms with van der Waals surface area (Å²) in [5.74, 6) is -0.143. The van der Waals surface area contributed by atoms with E-state index < -0.39 is 0 Å². The van der Waals surface area contributed by atoms with Crippen LogP contribution < -0.4 is 5.32 Å². The molecule has 0 spiro atoms. The monoisotopic (exact) mass is 312 g/mol. The van der Waals surface area contributed by atoms with Crippen molar-refractivity contribution in [1.82, 2.24) is 10.3 Å². The van der Waals surface area contributed by atoms with Gasteiger partial charge in [-0.3, -0.25) is 9.59 Å². The van der Waals surface area contributed by atoms with Crippen LogP contribution >= 0.6 is 0 Å². The zero-order valence-corrected chi connectivity index (χ0v) is 14.1. The molecule has 0 radical (unpaired) electrons. The van der Waals surface area contributed by atoms with Crippen molar-refractivity contribution in [2.24, 2.45) is 0 Å². The maximum Gasteiger partial charge on any atom is 0.251 e. The minimum atomic E-state index is -0.131. The van der Waals surface area contributed by atoms with Gasteiger partial charge in [0, 0.05) is 30.1 Å². The lowest BCUT2D eigenvalue weighted by Gasteiger charge is -2.07. The van der Waals surface area contributed by atoms with Crippen molar-refractivity contribution in [2.45, 2.75) is 34.2 Å². The van der Waals surface area contributed by atoms with Gasteiger partial charge in [-0.05, 0) is 31.0 Å². The fourth-order valence-corrected chi connectivity index (χ4v) is 1.97. The van der Waals surface area contributed by atoms with Gasteiger partial charge >= 0.3 is 0 Å². The first kappa shape index (κ1) is 20.2. The molecule has 0 aliphatic carbocycles. The molecule has 1 amide bonds. The van der Waals surface area contributed by atoms with E-state index in [1.807, 2.05) is 39.0 Å². The third-order valence-electron chi connectivity index (χ3n) is 3.04. The Hall–Kier alpha value is -2.80. The number of ketones is 1. The second-order valence-electron chi connectivity index (χ2n) is 4.45. The molecule has 0 saturated carbocycles. The standard InChI is InChI=1S/C15H16N2O2.C2H6.C2H2/c1-10-5-3-4-6-13(10)15(19)17-8-12-7-16-9-14(12)11(2)18;2*1-2/h3-7,9,16H,8H2,1-2H3,(H,17,19);1-2H3;1-2H. The number of terminal acetylenes is 1. The number of hydrogen-bond acceptors (Lipinski definition) is 2. The van der Waals surface area contributed by atoms with Gasteiger partial charge in [-0.15, -0.1) is 12.8 Å². The van der Waals surface area contributed by atoms with E-state index in [4.69, 9.17) is 0 Å². The number of aryl methyl sites for hydroxylation is 1. The second kappa shape index (κ2) is 10.9. The summed E-state index contributed by atoms with van der Waals surface area (Å²) in [6.07, 6.45) is 11.4. The van der Waals surface area contributed by atoms with Crippen molar-refractivity contribution >= 4 is 11.7 Å². The molecule has 0 bridgehead atoms. The molecule has 0 atom stereocenters. The van der Waals surface area contributed by atoms with E-state index in [0.29, 0.717) is 17.7 Å². The average Bonchev–Trinajstić information content (AvgIpc) is 3.05. The number of H-pyrrole nitrogens is 1. The smallest absolute Gasteiger partial charge is 0.251 e. The first-order valence-electron chi connectivity index (χ1n) is 7.43. The van der Waals surface area contributed by atoms with E-state index in [2.05, 4.69) is 23.1 Å². The summed E-state index contributed by atoms with van der Waals surface area (Å²) < 4.78 is 0. The van der Waals surface area contributed by atoms with Crippen LogP contribution in [-0.4, -0.2) is 16.7 Å². The SMILES string of the molecule is C#C.CC.CC(=O)c1c[nH]cc1CNC(=O)c1ccccc1C. The van der Waals surface area contributed by atoms with Crippen LogP contribution in [0, 0.1) is 19.8 Å². The van der Waals surface area contributed by atoms with Crippen molar-refractivity contribution < 1.29 is 9.59 Å². The maximum atomic E-state index is 12.0. The van der Waals surface area contributed by atoms with Crippen LogP contribution in [0.4, 0.5) is 0 Å². The molecule has 0 fully saturated rings. The van der Waals surface area contributed by atoms with Gasteiger partial charge in [-0.1, -0.05) is 32.0 Å². The number of aromatic nitrogens is 1. The van der Waals surface area contributed by atoms with E-state index in [1.54, 1.807) is 18.5 Å². The maximum absolute atomic E-state index is 12.0. The van der Waals surface area contributed by atoms with Crippen molar-refractivity contribution in [3.63, 3.8) is 0 Å². The quantitative estimate of drug-likeness (QED) is 0.667. The first-order valence-corrected chi connectivity index (χ1v) is 7.43. The Labute approximate surface area is 138 Å². The topological polar surface area (TPSA) is 62.0 Å². The summed E-state index contributed by atoms with van der Waals surface area (Å²) >= 11 is 0. The van der Waals surface area contributed by atoms with Gasteiger partial charge in [0.25, 0.3) is 5.91 Å². The van der Waals surface area contributed by atoms with Gasteiger partial charge in [-0.25, -0.2) is 0 Å². The fourth-order valence-electron chi connectivity index (χ4n) is 1.97. The molecule has 0 aliphatic rings. The van der Waals surface area contributed by atoms with Gasteiger partial charge in [-0.2, -0.15) is 0 Å². The molecule has 0 aliphatic heterocycles. The molecule has 2 N–H and O–H groups in total. The highest BCUT2D eigenvalue weighted by Gasteiger charge is 2.11. The van der Waals surface area contributed by atoms with Gasteiger partial charge in [0.05, 0.1) is 0 Å². The Balaban J connectivity index is 0.00000112. The van der Waals surface area contributed by atoms with Crippen LogP contribution in [-0.2, 0) is 6.54 Å². The zero-order chi connectivity index (χ0) is 17.8. The average molecular weight is 312 g/mol. The van der Waals surface area contributed by atoms with Crippen molar-refractivity contribution in [2.75, 3.05) is 0 Å². The zero-order valence-electron chi connectivity index (χ0n) is 14.1. The number of nitrogens with one attached hydrogen (secondary N) is 2. The molecule has 23 heavy (non-hydrogen) atoms. The number of benzene rings is 1. The number of aromatic amines is 1. The van der Waals surface area contributed by atoms with E-state index in [0.717, 1.165) is 11.1 Å². The number of amides is 1. The van der Waals surface area contributed by atoms with Crippen LogP contribution in [0.3, 0.4) is 0 Å². The minimum Gasteiger partial charge on any atom is -0.367 e. The molecule has 0 unspecified atom stereocenters. The summed E-state index contributed by atoms with van der Waals surface area (Å²) in [5.41, 5.74) is 3.00. The lowest BCUT2D eigenvalue weighted by molar-refractivity contribution is 0.0946. The summed E-state index contributed by atoms with van der Waals surface area (Å²) in [6, 6.07) is 7.41. The molecule has 2 rings (SSSR count). The number of carbonyl (C=O) groups excluding carboxylic acids is 2. The molecule has 1 aromatic carbocycles. The Morgan fingerprint density at radius 1 is 1.09 bits per heavy atom. The molecular formula is C19H24N2O2. The van der Waals surface area contributed by atoms with E-state index >= 15 is 0 Å². The first-order chi connectivity index (χ1) is 11.1.